The van der Waals surface area contributed by atoms with Gasteiger partial charge in [-0.15, -0.1) is 5.10 Å². The number of benzene rings is 2. The zero-order valence-corrected chi connectivity index (χ0v) is 16.3. The lowest BCUT2D eigenvalue weighted by Crippen LogP contribution is -2.49. The molecular weight excluding hydrogens is 376 g/mol. The van der Waals surface area contributed by atoms with Gasteiger partial charge in [-0.25, -0.2) is 8.42 Å². The Kier molecular flexibility index (Phi) is 5.40. The van der Waals surface area contributed by atoms with Gasteiger partial charge in [0.2, 0.25) is 15.9 Å². The van der Waals surface area contributed by atoms with Crippen LogP contribution in [-0.4, -0.2) is 54.9 Å². The lowest BCUT2D eigenvalue weighted by atomic mass is 10.2. The molecular formula is C20H22N4O3S. The van der Waals surface area contributed by atoms with Crippen molar-refractivity contribution in [2.75, 3.05) is 36.8 Å². The molecule has 2 heterocycles. The topological polar surface area (TPSA) is 79.5 Å². The first-order valence-electron chi connectivity index (χ1n) is 9.27. The Morgan fingerprint density at radius 1 is 0.857 bits per heavy atom. The summed E-state index contributed by atoms with van der Waals surface area (Å²) in [6.45, 7) is 1.89. The Balaban J connectivity index is 1.35. The maximum Gasteiger partial charge on any atom is 0.318 e. The third-order valence-corrected chi connectivity index (χ3v) is 6.70. The van der Waals surface area contributed by atoms with E-state index in [-0.39, 0.29) is 5.75 Å². The Bertz CT molecular complexity index is 998. The number of hydrogen-bond acceptors (Lipinski definition) is 6. The molecule has 1 saturated heterocycles. The highest BCUT2D eigenvalue weighted by atomic mass is 32.2. The quantitative estimate of drug-likeness (QED) is 0.635. The van der Waals surface area contributed by atoms with Crippen LogP contribution in [0.1, 0.15) is 5.56 Å². The molecule has 7 nitrogen and oxygen atoms in total. The number of sulfonamides is 1. The summed E-state index contributed by atoms with van der Waals surface area (Å²) < 4.78 is 32.6. The maximum absolute atomic E-state index is 12.6. The fraction of sp³-hybridized carbons (Fsp3) is 0.300. The summed E-state index contributed by atoms with van der Waals surface area (Å²) >= 11 is 0. The molecule has 0 spiro atoms. The van der Waals surface area contributed by atoms with Gasteiger partial charge in [-0.05, 0) is 24.1 Å². The van der Waals surface area contributed by atoms with E-state index in [1.54, 1.807) is 4.31 Å². The summed E-state index contributed by atoms with van der Waals surface area (Å²) in [6, 6.07) is 19.7. The van der Waals surface area contributed by atoms with E-state index < -0.39 is 10.0 Å². The molecule has 0 radical (unpaired) electrons. The van der Waals surface area contributed by atoms with Gasteiger partial charge in [-0.3, -0.25) is 0 Å². The van der Waals surface area contributed by atoms with E-state index >= 15 is 0 Å². The number of rotatable bonds is 6. The van der Waals surface area contributed by atoms with Gasteiger partial charge in [0.1, 0.15) is 0 Å². The molecule has 0 N–H and O–H groups in total. The average molecular weight is 398 g/mol. The Morgan fingerprint density at radius 3 is 2.18 bits per heavy atom. The number of hydrogen-bond donors (Lipinski definition) is 0. The van der Waals surface area contributed by atoms with Crippen molar-refractivity contribution in [1.82, 2.24) is 14.5 Å². The van der Waals surface area contributed by atoms with E-state index in [9.17, 15) is 8.42 Å². The molecule has 1 aliphatic heterocycles. The molecule has 0 amide bonds. The van der Waals surface area contributed by atoms with Crippen LogP contribution in [0.3, 0.4) is 0 Å². The summed E-state index contributed by atoms with van der Waals surface area (Å²) in [5.41, 5.74) is 1.90. The Hall–Kier alpha value is -2.71. The molecule has 1 fully saturated rings. The van der Waals surface area contributed by atoms with Crippen molar-refractivity contribution in [3.8, 4) is 11.5 Å². The van der Waals surface area contributed by atoms with Crippen molar-refractivity contribution in [2.24, 2.45) is 0 Å². The average Bonchev–Trinajstić information content (AvgIpc) is 3.24. The molecule has 3 aromatic rings. The number of aryl methyl sites for hydroxylation is 1. The number of nitrogens with zero attached hydrogens (tertiary/aromatic N) is 4. The second-order valence-electron chi connectivity index (χ2n) is 6.69. The van der Waals surface area contributed by atoms with Gasteiger partial charge in [0.25, 0.3) is 0 Å². The van der Waals surface area contributed by atoms with Gasteiger partial charge < -0.3 is 9.32 Å². The normalized spacial score (nSPS) is 15.6. The lowest BCUT2D eigenvalue weighted by Gasteiger charge is -2.32. The molecule has 28 heavy (non-hydrogen) atoms. The molecule has 146 valence electrons. The predicted octanol–water partition coefficient (Wildman–Crippen LogP) is 2.43. The third kappa shape index (κ3) is 4.23. The summed E-state index contributed by atoms with van der Waals surface area (Å²) in [4.78, 5) is 1.93. The molecule has 0 atom stereocenters. The minimum absolute atomic E-state index is 0.121. The second-order valence-corrected chi connectivity index (χ2v) is 8.78. The smallest absolute Gasteiger partial charge is 0.318 e. The highest BCUT2D eigenvalue weighted by molar-refractivity contribution is 7.89. The highest BCUT2D eigenvalue weighted by Gasteiger charge is 2.28. The van der Waals surface area contributed by atoms with Gasteiger partial charge in [-0.1, -0.05) is 53.6 Å². The van der Waals surface area contributed by atoms with Gasteiger partial charge in [0, 0.05) is 31.7 Å². The van der Waals surface area contributed by atoms with Crippen molar-refractivity contribution in [3.63, 3.8) is 0 Å². The first kappa shape index (κ1) is 18.6. The van der Waals surface area contributed by atoms with Crippen LogP contribution < -0.4 is 4.90 Å². The van der Waals surface area contributed by atoms with Crippen LogP contribution in [-0.2, 0) is 16.4 Å². The van der Waals surface area contributed by atoms with Crippen LogP contribution in [0.15, 0.2) is 65.1 Å². The number of anilines is 1. The number of aromatic nitrogens is 2. The van der Waals surface area contributed by atoms with Crippen molar-refractivity contribution < 1.29 is 12.8 Å². The summed E-state index contributed by atoms with van der Waals surface area (Å²) in [6.07, 6.45) is 0.521. The van der Waals surface area contributed by atoms with Crippen molar-refractivity contribution in [1.29, 1.82) is 0 Å². The molecule has 1 aromatic heterocycles. The van der Waals surface area contributed by atoms with Gasteiger partial charge >= 0.3 is 6.01 Å². The van der Waals surface area contributed by atoms with E-state index in [1.807, 2.05) is 65.6 Å². The molecule has 2 aromatic carbocycles. The fourth-order valence-corrected chi connectivity index (χ4v) is 4.69. The van der Waals surface area contributed by atoms with E-state index in [1.165, 1.54) is 0 Å². The minimum Gasteiger partial charge on any atom is -0.403 e. The molecule has 8 heteroatoms. The van der Waals surface area contributed by atoms with Crippen LogP contribution in [0.25, 0.3) is 11.5 Å². The monoisotopic (exact) mass is 398 g/mol. The molecule has 1 aliphatic rings. The van der Waals surface area contributed by atoms with E-state index in [2.05, 4.69) is 10.2 Å². The van der Waals surface area contributed by atoms with Crippen LogP contribution in [0.4, 0.5) is 6.01 Å². The zero-order valence-electron chi connectivity index (χ0n) is 15.4. The molecule has 0 bridgehead atoms. The van der Waals surface area contributed by atoms with Crippen molar-refractivity contribution in [3.05, 3.63) is 66.2 Å². The third-order valence-electron chi connectivity index (χ3n) is 4.83. The molecule has 0 aliphatic carbocycles. The lowest BCUT2D eigenvalue weighted by molar-refractivity contribution is 0.372. The molecule has 4 rings (SSSR count). The fourth-order valence-electron chi connectivity index (χ4n) is 3.22. The Morgan fingerprint density at radius 2 is 1.50 bits per heavy atom. The van der Waals surface area contributed by atoms with E-state index in [0.717, 1.165) is 11.1 Å². The standard InChI is InChI=1S/C20H22N4O3S/c25-28(26,16-11-17-7-3-1-4-8-17)24-14-12-23(13-15-24)20-22-21-19(27-20)18-9-5-2-6-10-18/h1-10H,11-16H2. The van der Waals surface area contributed by atoms with Crippen LogP contribution in [0, 0.1) is 0 Å². The summed E-state index contributed by atoms with van der Waals surface area (Å²) in [5.74, 6) is 0.587. The van der Waals surface area contributed by atoms with E-state index in [4.69, 9.17) is 4.42 Å². The van der Waals surface area contributed by atoms with E-state index in [0.29, 0.717) is 44.5 Å². The number of piperazine rings is 1. The maximum atomic E-state index is 12.6. The van der Waals surface area contributed by atoms with Gasteiger partial charge in [-0.2, -0.15) is 4.31 Å². The first-order chi connectivity index (χ1) is 13.6. The summed E-state index contributed by atoms with van der Waals surface area (Å²) in [5, 5.41) is 8.22. The SMILES string of the molecule is O=S(=O)(CCc1ccccc1)N1CCN(c2nnc(-c3ccccc3)o2)CC1. The van der Waals surface area contributed by atoms with Gasteiger partial charge in [0.15, 0.2) is 0 Å². The predicted molar refractivity (Wildman–Crippen MR) is 107 cm³/mol. The van der Waals surface area contributed by atoms with Crippen LogP contribution in [0.2, 0.25) is 0 Å². The molecule has 0 saturated carbocycles. The molecule has 0 unspecified atom stereocenters. The zero-order chi connectivity index (χ0) is 19.4. The first-order valence-corrected chi connectivity index (χ1v) is 10.9. The van der Waals surface area contributed by atoms with Crippen LogP contribution >= 0.6 is 0 Å². The Labute approximate surface area is 164 Å². The van der Waals surface area contributed by atoms with Crippen molar-refractivity contribution >= 4 is 16.0 Å². The highest BCUT2D eigenvalue weighted by Crippen LogP contribution is 2.23. The second kappa shape index (κ2) is 8.12. The minimum atomic E-state index is -3.28. The van der Waals surface area contributed by atoms with Crippen molar-refractivity contribution in [2.45, 2.75) is 6.42 Å². The largest absolute Gasteiger partial charge is 0.403 e. The summed E-state index contributed by atoms with van der Waals surface area (Å²) in [7, 11) is -3.28. The van der Waals surface area contributed by atoms with Gasteiger partial charge in [0.05, 0.1) is 5.75 Å². The van der Waals surface area contributed by atoms with Crippen LogP contribution in [0.5, 0.6) is 0 Å².